The Labute approximate surface area is 181 Å². The summed E-state index contributed by atoms with van der Waals surface area (Å²) in [6.07, 6.45) is 1.16. The fourth-order valence-electron chi connectivity index (χ4n) is 4.58. The summed E-state index contributed by atoms with van der Waals surface area (Å²) in [5, 5.41) is 5.63. The maximum Gasteiger partial charge on any atom is 0.255 e. The van der Waals surface area contributed by atoms with Crippen LogP contribution >= 0.6 is 0 Å². The van der Waals surface area contributed by atoms with Crippen molar-refractivity contribution in [1.29, 1.82) is 0 Å². The van der Waals surface area contributed by atoms with Gasteiger partial charge in [-0.15, -0.1) is 0 Å². The zero-order chi connectivity index (χ0) is 22.0. The lowest BCUT2D eigenvalue weighted by Crippen LogP contribution is -2.54. The molecular formula is C22H29N5O4. The van der Waals surface area contributed by atoms with E-state index in [4.69, 9.17) is 0 Å². The lowest BCUT2D eigenvalue weighted by molar-refractivity contribution is -0.136. The van der Waals surface area contributed by atoms with E-state index in [-0.39, 0.29) is 24.3 Å². The smallest absolute Gasteiger partial charge is 0.255 e. The minimum atomic E-state index is -0.717. The van der Waals surface area contributed by atoms with E-state index in [1.54, 1.807) is 12.1 Å². The van der Waals surface area contributed by atoms with Crippen LogP contribution < -0.4 is 15.5 Å². The zero-order valence-electron chi connectivity index (χ0n) is 17.8. The molecule has 0 aliphatic carbocycles. The van der Waals surface area contributed by atoms with Gasteiger partial charge in [0.05, 0.1) is 5.56 Å². The molecule has 3 fully saturated rings. The predicted octanol–water partition coefficient (Wildman–Crippen LogP) is -0.282. The molecule has 1 aromatic carbocycles. The zero-order valence-corrected chi connectivity index (χ0v) is 17.8. The van der Waals surface area contributed by atoms with Gasteiger partial charge in [-0.25, -0.2) is 0 Å². The molecule has 1 atom stereocenters. The maximum atomic E-state index is 13.0. The first-order chi connectivity index (χ1) is 15.0. The minimum Gasteiger partial charge on any atom is -0.371 e. The summed E-state index contributed by atoms with van der Waals surface area (Å²) in [5.74, 6) is -0.599. The summed E-state index contributed by atoms with van der Waals surface area (Å²) in [4.78, 5) is 54.2. The molecule has 4 rings (SSSR count). The number of hydrogen-bond donors (Lipinski definition) is 2. The van der Waals surface area contributed by atoms with Gasteiger partial charge in [-0.1, -0.05) is 0 Å². The number of nitrogens with one attached hydrogen (secondary N) is 2. The van der Waals surface area contributed by atoms with Crippen LogP contribution in [0.15, 0.2) is 18.2 Å². The van der Waals surface area contributed by atoms with Crippen LogP contribution in [-0.4, -0.2) is 92.7 Å². The van der Waals surface area contributed by atoms with Crippen molar-refractivity contribution in [3.8, 4) is 0 Å². The summed E-state index contributed by atoms with van der Waals surface area (Å²) in [6.45, 7) is 7.22. The van der Waals surface area contributed by atoms with Crippen LogP contribution in [0.1, 0.15) is 33.6 Å². The summed E-state index contributed by atoms with van der Waals surface area (Å²) in [5.41, 5.74) is 1.51. The molecule has 3 heterocycles. The monoisotopic (exact) mass is 427 g/mol. The van der Waals surface area contributed by atoms with Crippen molar-refractivity contribution in [2.24, 2.45) is 5.92 Å². The number of likely N-dealkylation sites (N-methyl/N-ethyl adjacent to an activating group) is 1. The highest BCUT2D eigenvalue weighted by atomic mass is 16.2. The number of anilines is 1. The van der Waals surface area contributed by atoms with Gasteiger partial charge in [0, 0.05) is 76.5 Å². The largest absolute Gasteiger partial charge is 0.371 e. The van der Waals surface area contributed by atoms with Gasteiger partial charge in [0.2, 0.25) is 11.8 Å². The molecule has 1 aromatic rings. The van der Waals surface area contributed by atoms with Crippen LogP contribution in [0.5, 0.6) is 0 Å². The van der Waals surface area contributed by atoms with Crippen molar-refractivity contribution in [1.82, 2.24) is 20.4 Å². The molecule has 3 aliphatic heterocycles. The van der Waals surface area contributed by atoms with Crippen molar-refractivity contribution in [2.75, 3.05) is 57.8 Å². The van der Waals surface area contributed by atoms with Gasteiger partial charge in [-0.2, -0.15) is 0 Å². The molecular weight excluding hydrogens is 398 g/mol. The van der Waals surface area contributed by atoms with Crippen molar-refractivity contribution < 1.29 is 19.2 Å². The standard InChI is InChI=1S/C22H29N5O4/c1-25(19-4-5-20(29)24-21(19)30)22(31)18-3-2-17(10-16(18)14-28)27-12-15(13-27)11-26-8-6-23-7-9-26/h2-3,10,14-15,19,23H,4-9,11-13H2,1H3,(H,24,29,30). The third-order valence-electron chi connectivity index (χ3n) is 6.44. The molecule has 0 spiro atoms. The maximum absolute atomic E-state index is 13.0. The Bertz CT molecular complexity index is 877. The van der Waals surface area contributed by atoms with E-state index in [0.717, 1.165) is 51.5 Å². The predicted molar refractivity (Wildman–Crippen MR) is 115 cm³/mol. The summed E-state index contributed by atoms with van der Waals surface area (Å²) >= 11 is 0. The van der Waals surface area contributed by atoms with Gasteiger partial charge >= 0.3 is 0 Å². The Hall–Kier alpha value is -2.78. The van der Waals surface area contributed by atoms with Crippen LogP contribution in [0.2, 0.25) is 0 Å². The third kappa shape index (κ3) is 4.62. The quantitative estimate of drug-likeness (QED) is 0.475. The summed E-state index contributed by atoms with van der Waals surface area (Å²) in [7, 11) is 1.53. The molecule has 3 aliphatic rings. The number of amides is 3. The molecule has 1 unspecified atom stereocenters. The highest BCUT2D eigenvalue weighted by Gasteiger charge is 2.34. The number of aldehydes is 1. The van der Waals surface area contributed by atoms with E-state index >= 15 is 0 Å². The van der Waals surface area contributed by atoms with Crippen LogP contribution in [0, 0.1) is 5.92 Å². The van der Waals surface area contributed by atoms with E-state index in [1.165, 1.54) is 11.9 Å². The van der Waals surface area contributed by atoms with Crippen LogP contribution in [0.4, 0.5) is 5.69 Å². The van der Waals surface area contributed by atoms with Gasteiger partial charge in [0.25, 0.3) is 5.91 Å². The number of nitrogens with zero attached hydrogens (tertiary/aromatic N) is 3. The Balaban J connectivity index is 1.39. The number of carbonyl (C=O) groups is 4. The SMILES string of the molecule is CN(C(=O)c1ccc(N2CC(CN3CCNCC3)C2)cc1C=O)C1CCC(=O)NC1=O. The minimum absolute atomic E-state index is 0.192. The van der Waals surface area contributed by atoms with Gasteiger partial charge < -0.3 is 20.0 Å². The lowest BCUT2D eigenvalue weighted by Gasteiger charge is -2.44. The third-order valence-corrected chi connectivity index (χ3v) is 6.44. The number of carbonyl (C=O) groups excluding carboxylic acids is 4. The fourth-order valence-corrected chi connectivity index (χ4v) is 4.58. The van der Waals surface area contributed by atoms with Gasteiger partial charge in [-0.05, 0) is 24.6 Å². The van der Waals surface area contributed by atoms with Crippen molar-refractivity contribution in [3.63, 3.8) is 0 Å². The first-order valence-corrected chi connectivity index (χ1v) is 10.8. The molecule has 166 valence electrons. The molecule has 0 radical (unpaired) electrons. The summed E-state index contributed by atoms with van der Waals surface area (Å²) < 4.78 is 0. The van der Waals surface area contributed by atoms with Gasteiger partial charge in [0.15, 0.2) is 6.29 Å². The van der Waals surface area contributed by atoms with Gasteiger partial charge in [0.1, 0.15) is 6.04 Å². The Morgan fingerprint density at radius 3 is 2.65 bits per heavy atom. The average Bonchev–Trinajstić information content (AvgIpc) is 2.75. The Kier molecular flexibility index (Phi) is 6.33. The second-order valence-corrected chi connectivity index (χ2v) is 8.59. The van der Waals surface area contributed by atoms with E-state index in [0.29, 0.717) is 17.8 Å². The van der Waals surface area contributed by atoms with Gasteiger partial charge in [-0.3, -0.25) is 24.5 Å². The molecule has 3 saturated heterocycles. The molecule has 2 N–H and O–H groups in total. The molecule has 31 heavy (non-hydrogen) atoms. The normalized spacial score (nSPS) is 22.6. The van der Waals surface area contributed by atoms with Crippen molar-refractivity contribution in [3.05, 3.63) is 29.3 Å². The van der Waals surface area contributed by atoms with Crippen LogP contribution in [-0.2, 0) is 9.59 Å². The fraction of sp³-hybridized carbons (Fsp3) is 0.545. The van der Waals surface area contributed by atoms with E-state index in [9.17, 15) is 19.2 Å². The molecule has 9 heteroatoms. The van der Waals surface area contributed by atoms with E-state index in [1.807, 2.05) is 6.07 Å². The average molecular weight is 428 g/mol. The number of benzene rings is 1. The number of piperidine rings is 1. The molecule has 9 nitrogen and oxygen atoms in total. The first kappa shape index (κ1) is 21.5. The molecule has 0 aromatic heterocycles. The lowest BCUT2D eigenvalue weighted by atomic mass is 9.96. The summed E-state index contributed by atoms with van der Waals surface area (Å²) in [6, 6.07) is 4.55. The Morgan fingerprint density at radius 1 is 1.23 bits per heavy atom. The van der Waals surface area contributed by atoms with E-state index in [2.05, 4.69) is 20.4 Å². The molecule has 0 bridgehead atoms. The molecule has 0 saturated carbocycles. The highest BCUT2D eigenvalue weighted by molar-refractivity contribution is 6.06. The van der Waals surface area contributed by atoms with E-state index < -0.39 is 17.9 Å². The van der Waals surface area contributed by atoms with Crippen LogP contribution in [0.3, 0.4) is 0 Å². The first-order valence-electron chi connectivity index (χ1n) is 10.8. The topological polar surface area (TPSA) is 102 Å². The van der Waals surface area contributed by atoms with Crippen molar-refractivity contribution >= 4 is 29.7 Å². The number of rotatable bonds is 6. The van der Waals surface area contributed by atoms with Crippen molar-refractivity contribution in [2.45, 2.75) is 18.9 Å². The number of hydrogen-bond acceptors (Lipinski definition) is 7. The second-order valence-electron chi connectivity index (χ2n) is 8.59. The Morgan fingerprint density at radius 2 is 1.97 bits per heavy atom. The number of imide groups is 1. The van der Waals surface area contributed by atoms with Crippen LogP contribution in [0.25, 0.3) is 0 Å². The number of piperazine rings is 1. The second kappa shape index (κ2) is 9.15. The molecule has 3 amide bonds. The highest BCUT2D eigenvalue weighted by Crippen LogP contribution is 2.28.